The minimum absolute atomic E-state index is 0.313. The van der Waals surface area contributed by atoms with Gasteiger partial charge in [-0.05, 0) is 48.3 Å². The zero-order valence-electron chi connectivity index (χ0n) is 12.1. The summed E-state index contributed by atoms with van der Waals surface area (Å²) < 4.78 is 5.93. The number of esters is 1. The van der Waals surface area contributed by atoms with Gasteiger partial charge in [0, 0.05) is 22.6 Å². The van der Waals surface area contributed by atoms with Crippen molar-refractivity contribution in [3.63, 3.8) is 0 Å². The molecule has 2 rings (SSSR count). The lowest BCUT2D eigenvalue weighted by Crippen LogP contribution is -2.11. The van der Waals surface area contributed by atoms with E-state index in [4.69, 9.17) is 16.3 Å². The number of nitrogens with one attached hydrogen (secondary N) is 1. The summed E-state index contributed by atoms with van der Waals surface area (Å²) in [4.78, 5) is 16.5. The number of anilines is 1. The minimum Gasteiger partial charge on any atom is -0.462 e. The Labute approximate surface area is 137 Å². The van der Waals surface area contributed by atoms with E-state index in [1.54, 1.807) is 6.92 Å². The van der Waals surface area contributed by atoms with E-state index < -0.39 is 5.97 Å². The van der Waals surface area contributed by atoms with Crippen molar-refractivity contribution < 1.29 is 9.53 Å². The molecule has 0 radical (unpaired) electrons. The van der Waals surface area contributed by atoms with Crippen LogP contribution in [0.5, 0.6) is 0 Å². The maximum atomic E-state index is 12.1. The van der Waals surface area contributed by atoms with Crippen molar-refractivity contribution in [2.45, 2.75) is 20.8 Å². The first-order valence-electron chi connectivity index (χ1n) is 6.69. The second-order valence-electron chi connectivity index (χ2n) is 4.51. The Balaban J connectivity index is 2.81. The highest BCUT2D eigenvalue weighted by Crippen LogP contribution is 2.38. The van der Waals surface area contributed by atoms with E-state index >= 15 is 0 Å². The number of ether oxygens (including phenoxy) is 1. The van der Waals surface area contributed by atoms with Crippen LogP contribution in [0.1, 0.15) is 29.8 Å². The largest absolute Gasteiger partial charge is 0.462 e. The third-order valence-electron chi connectivity index (χ3n) is 3.06. The van der Waals surface area contributed by atoms with Crippen LogP contribution in [0.25, 0.3) is 10.9 Å². The first-order chi connectivity index (χ1) is 10.0. The topological polar surface area (TPSA) is 51.2 Å². The molecular formula is C15H16BrClN2O2. The number of carbonyl (C=O) groups excluding carboxylic acids is 1. The summed E-state index contributed by atoms with van der Waals surface area (Å²) in [7, 11) is 0. The molecule has 4 nitrogen and oxygen atoms in total. The van der Waals surface area contributed by atoms with Crippen LogP contribution in [0.2, 0.25) is 5.02 Å². The van der Waals surface area contributed by atoms with Crippen molar-refractivity contribution in [2.24, 2.45) is 0 Å². The van der Waals surface area contributed by atoms with E-state index in [1.165, 1.54) is 6.20 Å². The Morgan fingerprint density at radius 3 is 2.81 bits per heavy atom. The molecule has 0 unspecified atom stereocenters. The first-order valence-corrected chi connectivity index (χ1v) is 7.86. The summed E-state index contributed by atoms with van der Waals surface area (Å²) in [6, 6.07) is 1.91. The van der Waals surface area contributed by atoms with Gasteiger partial charge in [-0.15, -0.1) is 0 Å². The number of rotatable bonds is 4. The Bertz CT molecular complexity index is 704. The molecule has 21 heavy (non-hydrogen) atoms. The van der Waals surface area contributed by atoms with Crippen molar-refractivity contribution in [3.8, 4) is 0 Å². The van der Waals surface area contributed by atoms with Crippen LogP contribution >= 0.6 is 27.5 Å². The molecule has 0 aliphatic heterocycles. The van der Waals surface area contributed by atoms with Gasteiger partial charge in [-0.3, -0.25) is 4.98 Å². The Hall–Kier alpha value is -1.33. The highest BCUT2D eigenvalue weighted by atomic mass is 79.9. The summed E-state index contributed by atoms with van der Waals surface area (Å²) in [6.07, 6.45) is 1.52. The Morgan fingerprint density at radius 1 is 1.48 bits per heavy atom. The molecule has 0 aliphatic rings. The summed E-state index contributed by atoms with van der Waals surface area (Å²) >= 11 is 9.93. The number of aromatic nitrogens is 1. The second kappa shape index (κ2) is 6.62. The zero-order chi connectivity index (χ0) is 15.6. The van der Waals surface area contributed by atoms with Crippen molar-refractivity contribution in [3.05, 3.63) is 32.9 Å². The Morgan fingerprint density at radius 2 is 2.19 bits per heavy atom. The maximum absolute atomic E-state index is 12.1. The fourth-order valence-electron chi connectivity index (χ4n) is 2.15. The van der Waals surface area contributed by atoms with Gasteiger partial charge in [0.1, 0.15) is 5.56 Å². The smallest absolute Gasteiger partial charge is 0.341 e. The predicted octanol–water partition coefficient (Wildman–Crippen LogP) is 4.57. The number of pyridine rings is 1. The third kappa shape index (κ3) is 2.99. The molecule has 1 aromatic carbocycles. The van der Waals surface area contributed by atoms with Gasteiger partial charge in [0.25, 0.3) is 0 Å². The van der Waals surface area contributed by atoms with Crippen LogP contribution in [-0.4, -0.2) is 24.1 Å². The normalized spacial score (nSPS) is 10.7. The van der Waals surface area contributed by atoms with Gasteiger partial charge in [0.2, 0.25) is 0 Å². The van der Waals surface area contributed by atoms with Crippen LogP contribution < -0.4 is 5.32 Å². The average Bonchev–Trinajstić information content (AvgIpc) is 2.45. The molecule has 0 saturated heterocycles. The van der Waals surface area contributed by atoms with E-state index in [9.17, 15) is 4.79 Å². The summed E-state index contributed by atoms with van der Waals surface area (Å²) in [5, 5.41) is 4.53. The van der Waals surface area contributed by atoms with Gasteiger partial charge < -0.3 is 10.1 Å². The van der Waals surface area contributed by atoms with Gasteiger partial charge in [-0.2, -0.15) is 0 Å². The lowest BCUT2D eigenvalue weighted by atomic mass is 10.1. The zero-order valence-corrected chi connectivity index (χ0v) is 14.4. The SMILES string of the molecule is CCNc1c(C(=O)OCC)cnc2c(Br)cc(C)c(Cl)c12. The highest BCUT2D eigenvalue weighted by molar-refractivity contribution is 9.10. The number of halogens is 2. The highest BCUT2D eigenvalue weighted by Gasteiger charge is 2.20. The van der Waals surface area contributed by atoms with Crippen molar-refractivity contribution in [2.75, 3.05) is 18.5 Å². The molecule has 1 N–H and O–H groups in total. The first kappa shape index (κ1) is 16.0. The average molecular weight is 372 g/mol. The van der Waals surface area contributed by atoms with Gasteiger partial charge in [0.15, 0.2) is 0 Å². The van der Waals surface area contributed by atoms with E-state index in [-0.39, 0.29) is 0 Å². The van der Waals surface area contributed by atoms with Crippen molar-refractivity contribution >= 4 is 50.1 Å². The number of carbonyl (C=O) groups is 1. The van der Waals surface area contributed by atoms with Gasteiger partial charge in [-0.1, -0.05) is 11.6 Å². The summed E-state index contributed by atoms with van der Waals surface area (Å²) in [5.74, 6) is -0.406. The number of hydrogen-bond donors (Lipinski definition) is 1. The maximum Gasteiger partial charge on any atom is 0.341 e. The van der Waals surface area contributed by atoms with Crippen LogP contribution in [-0.2, 0) is 4.74 Å². The van der Waals surface area contributed by atoms with Crippen LogP contribution in [0.15, 0.2) is 16.7 Å². The lowest BCUT2D eigenvalue weighted by Gasteiger charge is -2.15. The van der Waals surface area contributed by atoms with Crippen LogP contribution in [0, 0.1) is 6.92 Å². The van der Waals surface area contributed by atoms with Crippen LogP contribution in [0.4, 0.5) is 5.69 Å². The fraction of sp³-hybridized carbons (Fsp3) is 0.333. The monoisotopic (exact) mass is 370 g/mol. The second-order valence-corrected chi connectivity index (χ2v) is 5.74. The molecule has 0 bridgehead atoms. The number of aryl methyl sites for hydroxylation is 1. The molecule has 1 heterocycles. The standard InChI is InChI=1S/C15H16BrClN2O2/c1-4-18-13-9(15(20)21-5-2)7-19-14-10(16)6-8(3)12(17)11(13)14/h6-7H,4-5H2,1-3H3,(H,18,19). The minimum atomic E-state index is -0.406. The van der Waals surface area contributed by atoms with Crippen LogP contribution in [0.3, 0.4) is 0 Å². The molecule has 1 aromatic heterocycles. The van der Waals surface area contributed by atoms with Crippen molar-refractivity contribution in [1.29, 1.82) is 0 Å². The summed E-state index contributed by atoms with van der Waals surface area (Å²) in [5.41, 5.74) is 2.69. The third-order valence-corrected chi connectivity index (χ3v) is 4.15. The molecule has 0 spiro atoms. The molecule has 0 aliphatic carbocycles. The summed E-state index contributed by atoms with van der Waals surface area (Å²) in [6.45, 7) is 6.62. The number of benzene rings is 1. The Kier molecular flexibility index (Phi) is 5.06. The van der Waals surface area contributed by atoms with Crippen molar-refractivity contribution in [1.82, 2.24) is 4.98 Å². The predicted molar refractivity (Wildman–Crippen MR) is 89.3 cm³/mol. The number of hydrogen-bond acceptors (Lipinski definition) is 4. The molecule has 6 heteroatoms. The van der Waals surface area contributed by atoms with E-state index in [0.717, 1.165) is 20.9 Å². The molecule has 0 amide bonds. The van der Waals surface area contributed by atoms with Gasteiger partial charge in [0.05, 0.1) is 22.8 Å². The molecule has 0 saturated carbocycles. The number of nitrogens with zero attached hydrogens (tertiary/aromatic N) is 1. The quantitative estimate of drug-likeness (QED) is 0.800. The van der Waals surface area contributed by atoms with E-state index in [1.807, 2.05) is 19.9 Å². The molecule has 112 valence electrons. The van der Waals surface area contributed by atoms with Gasteiger partial charge >= 0.3 is 5.97 Å². The molecule has 2 aromatic rings. The fourth-order valence-corrected chi connectivity index (χ4v) is 3.03. The van der Waals surface area contributed by atoms with E-state index in [2.05, 4.69) is 26.2 Å². The molecular weight excluding hydrogens is 356 g/mol. The molecule has 0 fully saturated rings. The van der Waals surface area contributed by atoms with E-state index in [0.29, 0.717) is 29.4 Å². The number of fused-ring (bicyclic) bond motifs is 1. The molecule has 0 atom stereocenters. The van der Waals surface area contributed by atoms with Gasteiger partial charge in [-0.25, -0.2) is 4.79 Å². The lowest BCUT2D eigenvalue weighted by molar-refractivity contribution is 0.0527.